The number of Topliss-reactive ketones (excluding diaryl/α,β-unsaturated/α-hetero) is 1. The third-order valence-corrected chi connectivity index (χ3v) is 4.33. The zero-order chi connectivity index (χ0) is 16.7. The molecule has 1 aliphatic rings. The maximum Gasteiger partial charge on any atom is 0.177 e. The van der Waals surface area contributed by atoms with Crippen molar-refractivity contribution in [3.8, 4) is 23.0 Å². The predicted octanol–water partition coefficient (Wildman–Crippen LogP) is 2.85. The van der Waals surface area contributed by atoms with E-state index in [0.717, 1.165) is 5.56 Å². The zero-order valence-corrected chi connectivity index (χ0v) is 13.0. The number of ether oxygens (including phenoxy) is 1. The number of ketones is 1. The highest BCUT2D eigenvalue weighted by molar-refractivity contribution is 6.05. The summed E-state index contributed by atoms with van der Waals surface area (Å²) in [5, 5.41) is 29.5. The molecular formula is C18H18O5. The topological polar surface area (TPSA) is 87.0 Å². The molecule has 1 atom stereocenters. The summed E-state index contributed by atoms with van der Waals surface area (Å²) in [5.74, 6) is -0.443. The second kappa shape index (κ2) is 5.50. The first-order chi connectivity index (χ1) is 10.9. The van der Waals surface area contributed by atoms with Crippen LogP contribution in [0.1, 0.15) is 27.0 Å². The molecule has 0 amide bonds. The van der Waals surface area contributed by atoms with Gasteiger partial charge >= 0.3 is 0 Å². The molecule has 5 nitrogen and oxygen atoms in total. The molecule has 0 aromatic heterocycles. The minimum atomic E-state index is -0.415. The van der Waals surface area contributed by atoms with Crippen molar-refractivity contribution in [2.45, 2.75) is 20.3 Å². The van der Waals surface area contributed by atoms with Gasteiger partial charge in [-0.1, -0.05) is 12.1 Å². The van der Waals surface area contributed by atoms with E-state index in [4.69, 9.17) is 4.74 Å². The van der Waals surface area contributed by atoms with Crippen LogP contribution >= 0.6 is 0 Å². The summed E-state index contributed by atoms with van der Waals surface area (Å²) in [6, 6.07) is 6.65. The molecular weight excluding hydrogens is 296 g/mol. The Balaban J connectivity index is 1.96. The van der Waals surface area contributed by atoms with Gasteiger partial charge in [0.15, 0.2) is 5.78 Å². The summed E-state index contributed by atoms with van der Waals surface area (Å²) in [4.78, 5) is 12.8. The number of phenolic OH excluding ortho intramolecular Hbond substituents is 3. The molecule has 0 aliphatic carbocycles. The highest BCUT2D eigenvalue weighted by Crippen LogP contribution is 2.44. The fourth-order valence-corrected chi connectivity index (χ4v) is 2.92. The van der Waals surface area contributed by atoms with Crippen LogP contribution in [0.5, 0.6) is 23.0 Å². The average Bonchev–Trinajstić information content (AvgIpc) is 2.54. The van der Waals surface area contributed by atoms with Gasteiger partial charge in [-0.15, -0.1) is 0 Å². The van der Waals surface area contributed by atoms with Crippen LogP contribution in [0.15, 0.2) is 24.3 Å². The van der Waals surface area contributed by atoms with Crippen LogP contribution in [0, 0.1) is 19.8 Å². The summed E-state index contributed by atoms with van der Waals surface area (Å²) in [6.07, 6.45) is 0.455. The summed E-state index contributed by atoms with van der Waals surface area (Å²) in [6.45, 7) is 3.42. The van der Waals surface area contributed by atoms with Crippen LogP contribution in [0.25, 0.3) is 0 Å². The molecule has 23 heavy (non-hydrogen) atoms. The Morgan fingerprint density at radius 2 is 1.70 bits per heavy atom. The number of rotatable bonds is 2. The lowest BCUT2D eigenvalue weighted by Gasteiger charge is -2.27. The van der Waals surface area contributed by atoms with Gasteiger partial charge in [0.05, 0.1) is 12.5 Å². The number of phenols is 3. The fourth-order valence-electron chi connectivity index (χ4n) is 2.92. The molecule has 3 N–H and O–H groups in total. The van der Waals surface area contributed by atoms with E-state index in [0.29, 0.717) is 12.0 Å². The van der Waals surface area contributed by atoms with Crippen molar-refractivity contribution in [1.82, 2.24) is 0 Å². The second-order valence-electron chi connectivity index (χ2n) is 5.89. The van der Waals surface area contributed by atoms with Gasteiger partial charge in [0.1, 0.15) is 28.6 Å². The standard InChI is InChI=1S/C18H18O5/c1-9-15(20)10(2)18-14(16(9)21)17(22)12(8-23-18)7-11-3-5-13(19)6-4-11/h3-6,12,19-21H,7-8H2,1-2H3. The van der Waals surface area contributed by atoms with Gasteiger partial charge in [-0.25, -0.2) is 0 Å². The maximum absolute atomic E-state index is 12.8. The van der Waals surface area contributed by atoms with Gasteiger partial charge in [-0.2, -0.15) is 0 Å². The van der Waals surface area contributed by atoms with Crippen molar-refractivity contribution in [3.05, 3.63) is 46.5 Å². The predicted molar refractivity (Wildman–Crippen MR) is 84.4 cm³/mol. The van der Waals surface area contributed by atoms with E-state index in [-0.39, 0.29) is 46.5 Å². The molecule has 0 radical (unpaired) electrons. The lowest BCUT2D eigenvalue weighted by molar-refractivity contribution is 0.0824. The Labute approximate surface area is 133 Å². The van der Waals surface area contributed by atoms with Crippen LogP contribution in [-0.2, 0) is 6.42 Å². The Kier molecular flexibility index (Phi) is 3.64. The lowest BCUT2D eigenvalue weighted by Crippen LogP contribution is -2.30. The van der Waals surface area contributed by atoms with E-state index in [2.05, 4.69) is 0 Å². The Morgan fingerprint density at radius 1 is 1.04 bits per heavy atom. The van der Waals surface area contributed by atoms with Crippen molar-refractivity contribution in [3.63, 3.8) is 0 Å². The number of carbonyl (C=O) groups excluding carboxylic acids is 1. The summed E-state index contributed by atoms with van der Waals surface area (Å²) in [5.41, 5.74) is 1.79. The minimum absolute atomic E-state index is 0.0500. The van der Waals surface area contributed by atoms with Crippen LogP contribution in [-0.4, -0.2) is 27.7 Å². The number of hydrogen-bond donors (Lipinski definition) is 3. The lowest BCUT2D eigenvalue weighted by atomic mass is 9.87. The van der Waals surface area contributed by atoms with Crippen LogP contribution in [0.2, 0.25) is 0 Å². The van der Waals surface area contributed by atoms with Crippen molar-refractivity contribution in [2.24, 2.45) is 5.92 Å². The van der Waals surface area contributed by atoms with Crippen LogP contribution in [0.3, 0.4) is 0 Å². The highest BCUT2D eigenvalue weighted by Gasteiger charge is 2.34. The zero-order valence-electron chi connectivity index (χ0n) is 13.0. The van der Waals surface area contributed by atoms with Crippen molar-refractivity contribution in [2.75, 3.05) is 6.61 Å². The largest absolute Gasteiger partial charge is 0.508 e. The fraction of sp³-hybridized carbons (Fsp3) is 0.278. The van der Waals surface area contributed by atoms with E-state index in [1.165, 1.54) is 0 Å². The normalized spacial score (nSPS) is 16.8. The SMILES string of the molecule is Cc1c(O)c(C)c2c(c1O)C(=O)C(Cc1ccc(O)cc1)CO2. The number of benzene rings is 2. The van der Waals surface area contributed by atoms with Gasteiger partial charge in [0.25, 0.3) is 0 Å². The first-order valence-corrected chi connectivity index (χ1v) is 7.40. The van der Waals surface area contributed by atoms with Gasteiger partial charge in [0, 0.05) is 11.1 Å². The van der Waals surface area contributed by atoms with Gasteiger partial charge in [-0.05, 0) is 38.0 Å². The first-order valence-electron chi connectivity index (χ1n) is 7.40. The number of hydrogen-bond acceptors (Lipinski definition) is 5. The average molecular weight is 314 g/mol. The molecule has 0 saturated heterocycles. The van der Waals surface area contributed by atoms with E-state index < -0.39 is 5.92 Å². The number of fused-ring (bicyclic) bond motifs is 1. The third kappa shape index (κ3) is 2.48. The van der Waals surface area contributed by atoms with E-state index in [1.54, 1.807) is 38.1 Å². The summed E-state index contributed by atoms with van der Waals surface area (Å²) < 4.78 is 5.66. The van der Waals surface area contributed by atoms with E-state index >= 15 is 0 Å². The van der Waals surface area contributed by atoms with Gasteiger partial charge in [-0.3, -0.25) is 4.79 Å². The second-order valence-corrected chi connectivity index (χ2v) is 5.89. The molecule has 1 aliphatic heterocycles. The van der Waals surface area contributed by atoms with Crippen molar-refractivity contribution < 1.29 is 24.9 Å². The monoisotopic (exact) mass is 314 g/mol. The molecule has 0 fully saturated rings. The first kappa shape index (κ1) is 15.2. The smallest absolute Gasteiger partial charge is 0.177 e. The summed E-state index contributed by atoms with van der Waals surface area (Å²) >= 11 is 0. The highest BCUT2D eigenvalue weighted by atomic mass is 16.5. The Hall–Kier alpha value is -2.69. The maximum atomic E-state index is 12.8. The molecule has 0 spiro atoms. The summed E-state index contributed by atoms with van der Waals surface area (Å²) in [7, 11) is 0. The van der Waals surface area contributed by atoms with Crippen molar-refractivity contribution in [1.29, 1.82) is 0 Å². The van der Waals surface area contributed by atoms with Crippen molar-refractivity contribution >= 4 is 5.78 Å². The number of carbonyl (C=O) groups is 1. The van der Waals surface area contributed by atoms with E-state index in [1.807, 2.05) is 0 Å². The molecule has 3 rings (SSSR count). The quantitative estimate of drug-likeness (QED) is 0.793. The van der Waals surface area contributed by atoms with Gasteiger partial charge in [0.2, 0.25) is 0 Å². The van der Waals surface area contributed by atoms with Gasteiger partial charge < -0.3 is 20.1 Å². The molecule has 2 aromatic rings. The number of aromatic hydroxyl groups is 3. The molecule has 5 heteroatoms. The molecule has 1 unspecified atom stereocenters. The molecule has 0 saturated carbocycles. The minimum Gasteiger partial charge on any atom is -0.508 e. The molecule has 120 valence electrons. The Morgan fingerprint density at radius 3 is 2.35 bits per heavy atom. The van der Waals surface area contributed by atoms with E-state index in [9.17, 15) is 20.1 Å². The van der Waals surface area contributed by atoms with Crippen LogP contribution in [0.4, 0.5) is 0 Å². The molecule has 0 bridgehead atoms. The Bertz CT molecular complexity index is 777. The molecule has 2 aromatic carbocycles. The third-order valence-electron chi connectivity index (χ3n) is 4.33. The molecule has 1 heterocycles. The van der Waals surface area contributed by atoms with Crippen LogP contribution < -0.4 is 4.74 Å².